The third-order valence-corrected chi connectivity index (χ3v) is 5.66. The van der Waals surface area contributed by atoms with Crippen LogP contribution in [-0.4, -0.2) is 60.7 Å². The number of anilines is 2. The monoisotopic (exact) mass is 420 g/mol. The van der Waals surface area contributed by atoms with Crippen molar-refractivity contribution in [2.75, 3.05) is 49.6 Å². The zero-order valence-electron chi connectivity index (χ0n) is 18.0. The van der Waals surface area contributed by atoms with Crippen LogP contribution in [0, 0.1) is 0 Å². The van der Waals surface area contributed by atoms with E-state index in [1.54, 1.807) is 4.90 Å². The van der Waals surface area contributed by atoms with Crippen molar-refractivity contribution in [3.05, 3.63) is 60.3 Å². The van der Waals surface area contributed by atoms with Gasteiger partial charge in [-0.05, 0) is 37.3 Å². The minimum atomic E-state index is -0.213. The lowest BCUT2D eigenvalue weighted by Crippen LogP contribution is -2.38. The molecule has 31 heavy (non-hydrogen) atoms. The first-order valence-electron chi connectivity index (χ1n) is 10.6. The van der Waals surface area contributed by atoms with Gasteiger partial charge >= 0.3 is 0 Å². The minimum Gasteiger partial charge on any atom is -0.378 e. The van der Waals surface area contributed by atoms with Gasteiger partial charge in [0.25, 0.3) is 5.91 Å². The van der Waals surface area contributed by atoms with Crippen LogP contribution in [0.4, 0.5) is 11.4 Å². The first kappa shape index (κ1) is 20.9. The van der Waals surface area contributed by atoms with Crippen LogP contribution in [0.5, 0.6) is 0 Å². The number of carbonyl (C=O) groups is 2. The molecule has 0 spiro atoms. The van der Waals surface area contributed by atoms with Crippen molar-refractivity contribution < 1.29 is 14.3 Å². The molecule has 0 saturated carbocycles. The number of amides is 2. The van der Waals surface area contributed by atoms with Gasteiger partial charge in [-0.15, -0.1) is 0 Å². The number of ether oxygens (including phenoxy) is 1. The lowest BCUT2D eigenvalue weighted by Gasteiger charge is -2.29. The molecule has 2 amide bonds. The lowest BCUT2D eigenvalue weighted by atomic mass is 10.1. The molecular weight excluding hydrogens is 392 g/mol. The van der Waals surface area contributed by atoms with E-state index in [0.29, 0.717) is 12.1 Å². The van der Waals surface area contributed by atoms with Crippen molar-refractivity contribution >= 4 is 34.1 Å². The number of rotatable bonds is 6. The number of carbonyl (C=O) groups excluding carboxylic acids is 2. The van der Waals surface area contributed by atoms with Gasteiger partial charge in [0.05, 0.1) is 18.8 Å². The molecule has 0 atom stereocenters. The Kier molecular flexibility index (Phi) is 6.23. The van der Waals surface area contributed by atoms with Crippen molar-refractivity contribution in [2.24, 2.45) is 7.05 Å². The number of aromatic nitrogens is 1. The Bertz CT molecular complexity index is 1070. The largest absolute Gasteiger partial charge is 0.378 e. The SMILES string of the molecule is CCN(CC(=O)Nc1ccc(N2CCOCC2)cc1)C(=O)c1cn(C)c2ccccc12. The standard InChI is InChI=1S/C24H28N4O3/c1-3-27(24(30)21-16-26(2)22-7-5-4-6-20(21)22)17-23(29)25-18-8-10-19(11-9-18)28-12-14-31-15-13-28/h4-11,16H,3,12-15,17H2,1-2H3,(H,25,29). The zero-order valence-corrected chi connectivity index (χ0v) is 18.0. The summed E-state index contributed by atoms with van der Waals surface area (Å²) in [4.78, 5) is 29.6. The van der Waals surface area contributed by atoms with Gasteiger partial charge in [0.2, 0.25) is 5.91 Å². The Morgan fingerprint density at radius 2 is 1.77 bits per heavy atom. The summed E-state index contributed by atoms with van der Waals surface area (Å²) in [6.07, 6.45) is 1.83. The quantitative estimate of drug-likeness (QED) is 0.665. The van der Waals surface area contributed by atoms with E-state index in [0.717, 1.165) is 48.6 Å². The second kappa shape index (κ2) is 9.22. The number of para-hydroxylation sites is 1. The van der Waals surface area contributed by atoms with Crippen molar-refractivity contribution in [1.82, 2.24) is 9.47 Å². The number of nitrogens with zero attached hydrogens (tertiary/aromatic N) is 3. The Balaban J connectivity index is 1.41. The van der Waals surface area contributed by atoms with Crippen LogP contribution in [0.25, 0.3) is 10.9 Å². The summed E-state index contributed by atoms with van der Waals surface area (Å²) in [5.74, 6) is -0.355. The van der Waals surface area contributed by atoms with Gasteiger partial charge in [-0.2, -0.15) is 0 Å². The number of fused-ring (bicyclic) bond motifs is 1. The van der Waals surface area contributed by atoms with Crippen molar-refractivity contribution in [3.8, 4) is 0 Å². The molecule has 3 aromatic rings. The lowest BCUT2D eigenvalue weighted by molar-refractivity contribution is -0.116. The minimum absolute atomic E-state index is 0.00374. The number of morpholine rings is 1. The van der Waals surface area contributed by atoms with Gasteiger partial charge in [0, 0.05) is 55.2 Å². The maximum Gasteiger partial charge on any atom is 0.256 e. The highest BCUT2D eigenvalue weighted by Crippen LogP contribution is 2.22. The molecular formula is C24H28N4O3. The smallest absolute Gasteiger partial charge is 0.256 e. The number of hydrogen-bond acceptors (Lipinski definition) is 4. The third-order valence-electron chi connectivity index (χ3n) is 5.66. The highest BCUT2D eigenvalue weighted by Gasteiger charge is 2.21. The number of likely N-dealkylation sites (N-methyl/N-ethyl adjacent to an activating group) is 1. The number of hydrogen-bond donors (Lipinski definition) is 1. The Morgan fingerprint density at radius 3 is 2.48 bits per heavy atom. The second-order valence-electron chi connectivity index (χ2n) is 7.68. The molecule has 1 fully saturated rings. The third kappa shape index (κ3) is 4.56. The van der Waals surface area contributed by atoms with Gasteiger partial charge in [-0.1, -0.05) is 18.2 Å². The van der Waals surface area contributed by atoms with Crippen LogP contribution in [0.3, 0.4) is 0 Å². The maximum absolute atomic E-state index is 13.1. The molecule has 162 valence electrons. The van der Waals surface area contributed by atoms with Gasteiger partial charge in [-0.25, -0.2) is 0 Å². The second-order valence-corrected chi connectivity index (χ2v) is 7.68. The van der Waals surface area contributed by atoms with E-state index in [1.165, 1.54) is 0 Å². The molecule has 1 aromatic heterocycles. The highest BCUT2D eigenvalue weighted by atomic mass is 16.5. The first-order valence-corrected chi connectivity index (χ1v) is 10.6. The summed E-state index contributed by atoms with van der Waals surface area (Å²) >= 11 is 0. The maximum atomic E-state index is 13.1. The Labute approximate surface area is 182 Å². The van der Waals surface area contributed by atoms with E-state index >= 15 is 0 Å². The molecule has 1 saturated heterocycles. The van der Waals surface area contributed by atoms with Crippen LogP contribution in [0.15, 0.2) is 54.7 Å². The molecule has 0 unspecified atom stereocenters. The normalized spacial score (nSPS) is 13.9. The summed E-state index contributed by atoms with van der Waals surface area (Å²) in [5.41, 5.74) is 3.44. The van der Waals surface area contributed by atoms with Crippen LogP contribution >= 0.6 is 0 Å². The molecule has 7 heteroatoms. The molecule has 0 bridgehead atoms. The van der Waals surface area contributed by atoms with Crippen LogP contribution in [0.2, 0.25) is 0 Å². The predicted molar refractivity (Wildman–Crippen MR) is 123 cm³/mol. The zero-order chi connectivity index (χ0) is 21.8. The average molecular weight is 421 g/mol. The first-order chi connectivity index (χ1) is 15.1. The topological polar surface area (TPSA) is 66.8 Å². The van der Waals surface area contributed by atoms with E-state index in [9.17, 15) is 9.59 Å². The summed E-state index contributed by atoms with van der Waals surface area (Å²) in [6.45, 7) is 5.54. The molecule has 1 N–H and O–H groups in total. The Hall–Kier alpha value is -3.32. The highest BCUT2D eigenvalue weighted by molar-refractivity contribution is 6.08. The summed E-state index contributed by atoms with van der Waals surface area (Å²) < 4.78 is 7.33. The molecule has 4 rings (SSSR count). The van der Waals surface area contributed by atoms with Gasteiger partial charge in [-0.3, -0.25) is 9.59 Å². The van der Waals surface area contributed by atoms with Crippen LogP contribution in [0.1, 0.15) is 17.3 Å². The predicted octanol–water partition coefficient (Wildman–Crippen LogP) is 3.12. The van der Waals surface area contributed by atoms with Crippen molar-refractivity contribution in [3.63, 3.8) is 0 Å². The molecule has 2 aromatic carbocycles. The van der Waals surface area contributed by atoms with E-state index in [-0.39, 0.29) is 18.4 Å². The van der Waals surface area contributed by atoms with E-state index < -0.39 is 0 Å². The molecule has 0 radical (unpaired) electrons. The number of benzene rings is 2. The average Bonchev–Trinajstić information content (AvgIpc) is 3.15. The van der Waals surface area contributed by atoms with Gasteiger partial charge < -0.3 is 24.4 Å². The van der Waals surface area contributed by atoms with Crippen LogP contribution in [-0.2, 0) is 16.6 Å². The fraction of sp³-hybridized carbons (Fsp3) is 0.333. The van der Waals surface area contributed by atoms with E-state index in [4.69, 9.17) is 4.74 Å². The van der Waals surface area contributed by atoms with Gasteiger partial charge in [0.15, 0.2) is 0 Å². The Morgan fingerprint density at radius 1 is 1.06 bits per heavy atom. The van der Waals surface area contributed by atoms with E-state index in [2.05, 4.69) is 10.2 Å². The molecule has 0 aliphatic carbocycles. The van der Waals surface area contributed by atoms with Crippen LogP contribution < -0.4 is 10.2 Å². The molecule has 1 aliphatic rings. The summed E-state index contributed by atoms with van der Waals surface area (Å²) in [7, 11) is 1.92. The molecule has 7 nitrogen and oxygen atoms in total. The molecule has 1 aliphatic heterocycles. The summed E-state index contributed by atoms with van der Waals surface area (Å²) in [6, 6.07) is 15.6. The summed E-state index contributed by atoms with van der Waals surface area (Å²) in [5, 5.41) is 3.80. The van der Waals surface area contributed by atoms with Crippen molar-refractivity contribution in [1.29, 1.82) is 0 Å². The van der Waals surface area contributed by atoms with Crippen molar-refractivity contribution in [2.45, 2.75) is 6.92 Å². The fourth-order valence-electron chi connectivity index (χ4n) is 3.96. The van der Waals surface area contributed by atoms with E-state index in [1.807, 2.05) is 73.3 Å². The van der Waals surface area contributed by atoms with Gasteiger partial charge in [0.1, 0.15) is 6.54 Å². The number of nitrogens with one attached hydrogen (secondary N) is 1. The fourth-order valence-corrected chi connectivity index (χ4v) is 3.96. The number of aryl methyl sites for hydroxylation is 1. The molecule has 2 heterocycles.